The number of rotatable bonds is 3. The molecule has 0 radical (unpaired) electrons. The molecule has 2 unspecified atom stereocenters. The monoisotopic (exact) mass is 335 g/mol. The highest BCUT2D eigenvalue weighted by Crippen LogP contribution is 2.39. The van der Waals surface area contributed by atoms with Crippen molar-refractivity contribution in [1.29, 1.82) is 0 Å². The molecule has 1 aliphatic heterocycles. The summed E-state index contributed by atoms with van der Waals surface area (Å²) < 4.78 is 32.7. The van der Waals surface area contributed by atoms with Gasteiger partial charge in [-0.15, -0.1) is 0 Å². The summed E-state index contributed by atoms with van der Waals surface area (Å²) in [6.07, 6.45) is 0.193. The van der Waals surface area contributed by atoms with Crippen LogP contribution in [-0.2, 0) is 4.79 Å². The Morgan fingerprint density at radius 1 is 1.58 bits per heavy atom. The summed E-state index contributed by atoms with van der Waals surface area (Å²) in [5.74, 6) is -3.08. The van der Waals surface area contributed by atoms with E-state index in [-0.39, 0.29) is 28.8 Å². The van der Waals surface area contributed by atoms with Gasteiger partial charge in [0.15, 0.2) is 11.6 Å². The largest absolute Gasteiger partial charge is 0.493 e. The fourth-order valence-corrected chi connectivity index (χ4v) is 2.67. The maximum Gasteiger partial charge on any atom is 0.307 e. The summed E-state index contributed by atoms with van der Waals surface area (Å²) in [7, 11) is 1.25. The summed E-state index contributed by atoms with van der Waals surface area (Å²) in [5, 5.41) is 11.8. The lowest BCUT2D eigenvalue weighted by molar-refractivity contribution is -0.141. The van der Waals surface area contributed by atoms with Crippen LogP contribution in [0.3, 0.4) is 0 Å². The van der Waals surface area contributed by atoms with Gasteiger partial charge in [0.2, 0.25) is 0 Å². The minimum Gasteiger partial charge on any atom is -0.493 e. The van der Waals surface area contributed by atoms with Crippen LogP contribution in [0.2, 0.25) is 0 Å². The molecule has 104 valence electrons. The van der Waals surface area contributed by atoms with Gasteiger partial charge < -0.3 is 15.2 Å². The number of ether oxygens (including phenoxy) is 1. The Kier molecular flexibility index (Phi) is 4.05. The van der Waals surface area contributed by atoms with Gasteiger partial charge >= 0.3 is 5.97 Å². The van der Waals surface area contributed by atoms with Gasteiger partial charge in [-0.1, -0.05) is 0 Å². The Bertz CT molecular complexity index is 524. The molecule has 1 aliphatic rings. The van der Waals surface area contributed by atoms with Crippen molar-refractivity contribution in [3.05, 3.63) is 27.7 Å². The minimum atomic E-state index is -0.954. The highest BCUT2D eigenvalue weighted by atomic mass is 79.9. The second-order valence-electron chi connectivity index (χ2n) is 4.33. The summed E-state index contributed by atoms with van der Waals surface area (Å²) in [5.41, 5.74) is 0.0260. The smallest absolute Gasteiger partial charge is 0.307 e. The van der Waals surface area contributed by atoms with Crippen LogP contribution in [0.1, 0.15) is 18.0 Å². The van der Waals surface area contributed by atoms with E-state index in [1.165, 1.54) is 7.11 Å². The van der Waals surface area contributed by atoms with Crippen LogP contribution >= 0.6 is 15.9 Å². The molecule has 2 atom stereocenters. The molecule has 0 bridgehead atoms. The lowest BCUT2D eigenvalue weighted by atomic mass is 9.98. The summed E-state index contributed by atoms with van der Waals surface area (Å²) in [6, 6.07) is 0.407. The number of carboxylic acids is 1. The summed E-state index contributed by atoms with van der Waals surface area (Å²) in [4.78, 5) is 10.9. The molecule has 1 saturated heterocycles. The SMILES string of the molecule is COc1c(F)cc(Br)c(F)c1C1CC(C(=O)O)CN1. The molecule has 7 heteroatoms. The number of carboxylic acid groups (broad SMARTS) is 1. The number of hydrogen-bond donors (Lipinski definition) is 2. The third-order valence-electron chi connectivity index (χ3n) is 3.19. The Morgan fingerprint density at radius 2 is 2.26 bits per heavy atom. The van der Waals surface area contributed by atoms with Gasteiger partial charge in [0, 0.05) is 12.6 Å². The number of carbonyl (C=O) groups is 1. The molecule has 0 saturated carbocycles. The van der Waals surface area contributed by atoms with Gasteiger partial charge in [-0.05, 0) is 28.4 Å². The minimum absolute atomic E-state index is 0.0126. The molecule has 4 nitrogen and oxygen atoms in total. The molecule has 0 amide bonds. The molecular formula is C12H12BrF2NO3. The van der Waals surface area contributed by atoms with Crippen molar-refractivity contribution in [2.45, 2.75) is 12.5 Å². The molecule has 1 aromatic rings. The molecule has 0 spiro atoms. The van der Waals surface area contributed by atoms with Crippen molar-refractivity contribution >= 4 is 21.9 Å². The topological polar surface area (TPSA) is 58.6 Å². The normalized spacial score (nSPS) is 22.5. The van der Waals surface area contributed by atoms with Crippen LogP contribution in [0, 0.1) is 17.6 Å². The fraction of sp³-hybridized carbons (Fsp3) is 0.417. The second-order valence-corrected chi connectivity index (χ2v) is 5.19. The molecule has 1 aromatic carbocycles. The average Bonchev–Trinajstić information content (AvgIpc) is 2.82. The number of nitrogens with one attached hydrogen (secondary N) is 1. The third kappa shape index (κ3) is 2.57. The zero-order chi connectivity index (χ0) is 14.2. The van der Waals surface area contributed by atoms with Gasteiger partial charge in [0.25, 0.3) is 0 Å². The molecule has 2 rings (SSSR count). The molecule has 19 heavy (non-hydrogen) atoms. The Morgan fingerprint density at radius 3 is 2.79 bits per heavy atom. The number of aliphatic carboxylic acids is 1. The van der Waals surface area contributed by atoms with Gasteiger partial charge in [-0.2, -0.15) is 0 Å². The van der Waals surface area contributed by atoms with E-state index < -0.39 is 29.6 Å². The Balaban J connectivity index is 2.42. The zero-order valence-electron chi connectivity index (χ0n) is 10.0. The lowest BCUT2D eigenvalue weighted by Gasteiger charge is -2.17. The zero-order valence-corrected chi connectivity index (χ0v) is 11.6. The van der Waals surface area contributed by atoms with Crippen molar-refractivity contribution < 1.29 is 23.4 Å². The molecular weight excluding hydrogens is 324 g/mol. The van der Waals surface area contributed by atoms with Gasteiger partial charge in [-0.25, -0.2) is 8.78 Å². The van der Waals surface area contributed by atoms with E-state index >= 15 is 0 Å². The first-order valence-electron chi connectivity index (χ1n) is 5.63. The van der Waals surface area contributed by atoms with E-state index in [0.717, 1.165) is 6.07 Å². The first kappa shape index (κ1) is 14.2. The quantitative estimate of drug-likeness (QED) is 0.833. The van der Waals surface area contributed by atoms with E-state index in [2.05, 4.69) is 21.2 Å². The number of hydrogen-bond acceptors (Lipinski definition) is 3. The Hall–Kier alpha value is -1.21. The molecule has 1 fully saturated rings. The molecule has 1 heterocycles. The van der Waals surface area contributed by atoms with Crippen molar-refractivity contribution in [2.24, 2.45) is 5.92 Å². The number of halogens is 3. The highest BCUT2D eigenvalue weighted by molar-refractivity contribution is 9.10. The standard InChI is InChI=1S/C12H12BrF2NO3/c1-19-11-7(14)3-6(13)10(15)9(11)8-2-5(4-16-8)12(17)18/h3,5,8,16H,2,4H2,1H3,(H,17,18). The van der Waals surface area contributed by atoms with Crippen LogP contribution < -0.4 is 10.1 Å². The van der Waals surface area contributed by atoms with E-state index in [4.69, 9.17) is 9.84 Å². The van der Waals surface area contributed by atoms with Crippen LogP contribution in [0.5, 0.6) is 5.75 Å². The molecule has 0 aliphatic carbocycles. The van der Waals surface area contributed by atoms with Gasteiger partial charge in [0.1, 0.15) is 5.82 Å². The van der Waals surface area contributed by atoms with Crippen LogP contribution in [0.15, 0.2) is 10.5 Å². The van der Waals surface area contributed by atoms with Crippen LogP contribution in [0.4, 0.5) is 8.78 Å². The van der Waals surface area contributed by atoms with Crippen molar-refractivity contribution in [3.8, 4) is 5.75 Å². The predicted octanol–water partition coefficient (Wildman–Crippen LogP) is 2.47. The average molecular weight is 336 g/mol. The van der Waals surface area contributed by atoms with Crippen LogP contribution in [0.25, 0.3) is 0 Å². The summed E-state index contributed by atoms with van der Waals surface area (Å²) >= 11 is 2.94. The first-order chi connectivity index (χ1) is 8.95. The van der Waals surface area contributed by atoms with Gasteiger partial charge in [0.05, 0.1) is 23.1 Å². The third-order valence-corrected chi connectivity index (χ3v) is 3.77. The first-order valence-corrected chi connectivity index (χ1v) is 6.42. The maximum atomic E-state index is 14.1. The molecule has 2 N–H and O–H groups in total. The van der Waals surface area contributed by atoms with Gasteiger partial charge in [-0.3, -0.25) is 4.79 Å². The lowest BCUT2D eigenvalue weighted by Crippen LogP contribution is -2.18. The Labute approximate surface area is 116 Å². The van der Waals surface area contributed by atoms with E-state index in [1.54, 1.807) is 0 Å². The fourth-order valence-electron chi connectivity index (χ4n) is 2.26. The predicted molar refractivity (Wildman–Crippen MR) is 67.1 cm³/mol. The second kappa shape index (κ2) is 5.42. The van der Waals surface area contributed by atoms with Crippen molar-refractivity contribution in [1.82, 2.24) is 5.32 Å². The van der Waals surface area contributed by atoms with E-state index in [1.807, 2.05) is 0 Å². The van der Waals surface area contributed by atoms with E-state index in [9.17, 15) is 13.6 Å². The highest BCUT2D eigenvalue weighted by Gasteiger charge is 2.35. The van der Waals surface area contributed by atoms with Crippen molar-refractivity contribution in [3.63, 3.8) is 0 Å². The summed E-state index contributed by atoms with van der Waals surface area (Å²) in [6.45, 7) is 0.219. The number of methoxy groups -OCH3 is 1. The maximum absolute atomic E-state index is 14.1. The molecule has 0 aromatic heterocycles. The van der Waals surface area contributed by atoms with Crippen molar-refractivity contribution in [2.75, 3.05) is 13.7 Å². The van der Waals surface area contributed by atoms with Crippen LogP contribution in [-0.4, -0.2) is 24.7 Å². The number of benzene rings is 1. The van der Waals surface area contributed by atoms with E-state index in [0.29, 0.717) is 0 Å².